The first-order chi connectivity index (χ1) is 8.74. The Kier molecular flexibility index (Phi) is 3.25. The van der Waals surface area contributed by atoms with Gasteiger partial charge in [0, 0.05) is 6.54 Å². The highest BCUT2D eigenvalue weighted by Gasteiger charge is 2.39. The molecule has 3 atom stereocenters. The Hall–Kier alpha value is -1.09. The van der Waals surface area contributed by atoms with Gasteiger partial charge in [0.05, 0.1) is 6.54 Å². The maximum absolute atomic E-state index is 10.6. The smallest absolute Gasteiger partial charge is 0.185 e. The van der Waals surface area contributed by atoms with E-state index in [1.165, 1.54) is 25.7 Å². The van der Waals surface area contributed by atoms with Crippen molar-refractivity contribution in [3.8, 4) is 0 Å². The molecule has 1 aromatic heterocycles. The van der Waals surface area contributed by atoms with Crippen LogP contribution in [0.1, 0.15) is 42.0 Å². The fourth-order valence-electron chi connectivity index (χ4n) is 3.87. The van der Waals surface area contributed by atoms with Crippen molar-refractivity contribution in [1.82, 2.24) is 4.90 Å². The summed E-state index contributed by atoms with van der Waals surface area (Å²) in [5.74, 6) is 4.19. The first-order valence-corrected chi connectivity index (χ1v) is 6.97. The lowest BCUT2D eigenvalue weighted by Crippen LogP contribution is -2.28. The molecule has 0 saturated heterocycles. The lowest BCUT2D eigenvalue weighted by molar-refractivity contribution is 0.109. The topological polar surface area (TPSA) is 33.5 Å². The number of carbonyl (C=O) groups is 1. The van der Waals surface area contributed by atoms with E-state index in [0.717, 1.165) is 42.9 Å². The molecule has 0 aromatic carbocycles. The van der Waals surface area contributed by atoms with Crippen LogP contribution in [0, 0.1) is 17.8 Å². The first-order valence-electron chi connectivity index (χ1n) is 6.97. The highest BCUT2D eigenvalue weighted by atomic mass is 16.3. The molecule has 2 fully saturated rings. The molecule has 2 saturated carbocycles. The fourth-order valence-corrected chi connectivity index (χ4v) is 3.87. The van der Waals surface area contributed by atoms with Crippen molar-refractivity contribution in [2.24, 2.45) is 17.8 Å². The standard InChI is InChI=1S/C15H21NO2/c1-16(9-14-4-5-15(10-17)18-14)8-13-7-11-2-3-12(13)6-11/h4-5,10-13H,2-3,6-9H2,1H3. The zero-order chi connectivity index (χ0) is 12.5. The maximum Gasteiger partial charge on any atom is 0.185 e. The van der Waals surface area contributed by atoms with Gasteiger partial charge in [-0.2, -0.15) is 0 Å². The normalized spacial score (nSPS) is 30.2. The van der Waals surface area contributed by atoms with Crippen LogP contribution >= 0.6 is 0 Å². The van der Waals surface area contributed by atoms with E-state index in [0.29, 0.717) is 5.76 Å². The minimum absolute atomic E-state index is 0.429. The lowest BCUT2D eigenvalue weighted by atomic mass is 9.88. The van der Waals surface area contributed by atoms with E-state index in [1.807, 2.05) is 6.07 Å². The van der Waals surface area contributed by atoms with Gasteiger partial charge in [-0.1, -0.05) is 6.42 Å². The Morgan fingerprint density at radius 2 is 2.28 bits per heavy atom. The van der Waals surface area contributed by atoms with E-state index in [9.17, 15) is 4.79 Å². The van der Waals surface area contributed by atoms with E-state index in [1.54, 1.807) is 6.07 Å². The maximum atomic E-state index is 10.6. The summed E-state index contributed by atoms with van der Waals surface area (Å²) in [5, 5.41) is 0. The predicted molar refractivity (Wildman–Crippen MR) is 69.4 cm³/mol. The minimum atomic E-state index is 0.429. The number of rotatable bonds is 5. The Balaban J connectivity index is 1.52. The molecule has 3 unspecified atom stereocenters. The third kappa shape index (κ3) is 2.37. The van der Waals surface area contributed by atoms with E-state index < -0.39 is 0 Å². The van der Waals surface area contributed by atoms with Gasteiger partial charge in [-0.15, -0.1) is 0 Å². The van der Waals surface area contributed by atoms with Gasteiger partial charge in [0.2, 0.25) is 0 Å². The summed E-state index contributed by atoms with van der Waals surface area (Å²) in [7, 11) is 2.15. The quantitative estimate of drug-likeness (QED) is 0.750. The molecule has 0 spiro atoms. The summed E-state index contributed by atoms with van der Waals surface area (Å²) in [6, 6.07) is 3.65. The second kappa shape index (κ2) is 4.88. The Bertz CT molecular complexity index is 426. The van der Waals surface area contributed by atoms with Crippen molar-refractivity contribution in [2.45, 2.75) is 32.2 Å². The van der Waals surface area contributed by atoms with Crippen LogP contribution in [0.15, 0.2) is 16.5 Å². The second-order valence-electron chi connectivity index (χ2n) is 6.05. The van der Waals surface area contributed by atoms with Gasteiger partial charge in [-0.3, -0.25) is 9.69 Å². The molecule has 0 amide bonds. The molecular weight excluding hydrogens is 226 g/mol. The van der Waals surface area contributed by atoms with Gasteiger partial charge in [0.25, 0.3) is 0 Å². The Morgan fingerprint density at radius 1 is 1.39 bits per heavy atom. The molecule has 2 bridgehead atoms. The van der Waals surface area contributed by atoms with Crippen molar-refractivity contribution in [1.29, 1.82) is 0 Å². The molecule has 3 rings (SSSR count). The molecule has 3 nitrogen and oxygen atoms in total. The molecule has 18 heavy (non-hydrogen) atoms. The molecule has 2 aliphatic rings. The van der Waals surface area contributed by atoms with Crippen LogP contribution < -0.4 is 0 Å². The summed E-state index contributed by atoms with van der Waals surface area (Å²) < 4.78 is 5.42. The summed E-state index contributed by atoms with van der Waals surface area (Å²) in [6.07, 6.45) is 6.56. The SMILES string of the molecule is CN(Cc1ccc(C=O)o1)CC1CC2CCC1C2. The average Bonchev–Trinajstić information content (AvgIpc) is 3.04. The number of hydrogen-bond acceptors (Lipinski definition) is 3. The second-order valence-corrected chi connectivity index (χ2v) is 6.05. The Morgan fingerprint density at radius 3 is 2.89 bits per heavy atom. The van der Waals surface area contributed by atoms with Crippen LogP contribution in [0.25, 0.3) is 0 Å². The largest absolute Gasteiger partial charge is 0.457 e. The van der Waals surface area contributed by atoms with Gasteiger partial charge in [-0.05, 0) is 56.2 Å². The highest BCUT2D eigenvalue weighted by Crippen LogP contribution is 2.48. The van der Waals surface area contributed by atoms with Gasteiger partial charge < -0.3 is 4.42 Å². The van der Waals surface area contributed by atoms with Crippen LogP contribution in [0.2, 0.25) is 0 Å². The van der Waals surface area contributed by atoms with Gasteiger partial charge in [0.1, 0.15) is 5.76 Å². The third-order valence-corrected chi connectivity index (χ3v) is 4.66. The molecule has 2 aliphatic carbocycles. The van der Waals surface area contributed by atoms with Crippen molar-refractivity contribution >= 4 is 6.29 Å². The van der Waals surface area contributed by atoms with Crippen molar-refractivity contribution in [3.05, 3.63) is 23.7 Å². The molecule has 98 valence electrons. The third-order valence-electron chi connectivity index (χ3n) is 4.66. The summed E-state index contributed by atoms with van der Waals surface area (Å²) in [6.45, 7) is 1.97. The number of carbonyl (C=O) groups excluding carboxylic acids is 1. The van der Waals surface area contributed by atoms with Gasteiger partial charge in [0.15, 0.2) is 12.0 Å². The van der Waals surface area contributed by atoms with Crippen molar-refractivity contribution < 1.29 is 9.21 Å². The highest BCUT2D eigenvalue weighted by molar-refractivity contribution is 5.70. The summed E-state index contributed by atoms with van der Waals surface area (Å²) >= 11 is 0. The van der Waals surface area contributed by atoms with Crippen LogP contribution in [0.5, 0.6) is 0 Å². The van der Waals surface area contributed by atoms with Gasteiger partial charge >= 0.3 is 0 Å². The molecule has 0 radical (unpaired) electrons. The summed E-state index contributed by atoms with van der Waals surface area (Å²) in [5.41, 5.74) is 0. The van der Waals surface area contributed by atoms with Crippen LogP contribution in [0.3, 0.4) is 0 Å². The van der Waals surface area contributed by atoms with E-state index in [-0.39, 0.29) is 0 Å². The molecular formula is C15H21NO2. The monoisotopic (exact) mass is 247 g/mol. The zero-order valence-electron chi connectivity index (χ0n) is 11.0. The number of furan rings is 1. The van der Waals surface area contributed by atoms with Crippen molar-refractivity contribution in [2.75, 3.05) is 13.6 Å². The number of fused-ring (bicyclic) bond motifs is 2. The molecule has 0 N–H and O–H groups in total. The number of nitrogens with zero attached hydrogens (tertiary/aromatic N) is 1. The zero-order valence-corrected chi connectivity index (χ0v) is 11.0. The van der Waals surface area contributed by atoms with Crippen LogP contribution in [-0.4, -0.2) is 24.8 Å². The molecule has 1 aromatic rings. The van der Waals surface area contributed by atoms with Crippen molar-refractivity contribution in [3.63, 3.8) is 0 Å². The first kappa shape index (κ1) is 12.0. The Labute approximate surface area is 108 Å². The van der Waals surface area contributed by atoms with Crippen LogP contribution in [0.4, 0.5) is 0 Å². The number of aldehydes is 1. The van der Waals surface area contributed by atoms with E-state index in [2.05, 4.69) is 11.9 Å². The molecule has 3 heteroatoms. The summed E-state index contributed by atoms with van der Waals surface area (Å²) in [4.78, 5) is 12.9. The minimum Gasteiger partial charge on any atom is -0.457 e. The van der Waals surface area contributed by atoms with E-state index >= 15 is 0 Å². The van der Waals surface area contributed by atoms with E-state index in [4.69, 9.17) is 4.42 Å². The number of hydrogen-bond donors (Lipinski definition) is 0. The van der Waals surface area contributed by atoms with Gasteiger partial charge in [-0.25, -0.2) is 0 Å². The fraction of sp³-hybridized carbons (Fsp3) is 0.667. The average molecular weight is 247 g/mol. The molecule has 1 heterocycles. The predicted octanol–water partition coefficient (Wildman–Crippen LogP) is 2.96. The lowest BCUT2D eigenvalue weighted by Gasteiger charge is -2.26. The molecule has 0 aliphatic heterocycles. The van der Waals surface area contributed by atoms with Crippen LogP contribution in [-0.2, 0) is 6.54 Å².